The van der Waals surface area contributed by atoms with E-state index in [1.165, 1.54) is 27.1 Å². The maximum absolute atomic E-state index is 13.6. The van der Waals surface area contributed by atoms with Crippen molar-refractivity contribution in [2.45, 2.75) is 82.7 Å². The molecule has 324 valence electrons. The summed E-state index contributed by atoms with van der Waals surface area (Å²) in [4.78, 5) is 62.4. The number of alkyl carbamates (subject to hydrolysis) is 2. The Hall–Kier alpha value is -6.40. The standard InChI is InChI=1S/C47H55N9O6/c1-6-36(53-44(59)61-4)43(58)56-24-29(21-48)17-39(56)41-49-23-38(52-41)35-14-13-33-18-32(11-12-34(33)19-35)30-7-9-31(10-8-30)37-22-50-42(51-37)40-20-46(15-16-46)25-55(40)26-47(27-57,28(2)3)54-45(60)62-5/h7-14,18-19,22-23,27-29,36,39-40,42,50-51H,6,15-17,20,24-26H2,1-5H3,(H,49,52)(H,53,59)(H,54,60)/t29-,36+,39+,40+,42?,47-/m1/s1. The number of fused-ring (bicyclic) bond motifs is 1. The van der Waals surface area contributed by atoms with E-state index in [0.717, 1.165) is 63.7 Å². The number of carbonyl (C=O) groups excluding carboxylic acids is 4. The number of H-pyrrole nitrogens is 1. The smallest absolute Gasteiger partial charge is 0.407 e. The average Bonchev–Trinajstić information content (AvgIpc) is 3.78. The van der Waals surface area contributed by atoms with Crippen LogP contribution in [0.4, 0.5) is 9.59 Å². The summed E-state index contributed by atoms with van der Waals surface area (Å²) in [6.45, 7) is 7.26. The van der Waals surface area contributed by atoms with E-state index >= 15 is 0 Å². The molecule has 4 aromatic rings. The summed E-state index contributed by atoms with van der Waals surface area (Å²) in [7, 11) is 2.57. The number of nitrogens with zero attached hydrogens (tertiary/aromatic N) is 4. The topological polar surface area (TPSA) is 194 Å². The van der Waals surface area contributed by atoms with Crippen LogP contribution in [-0.2, 0) is 19.1 Å². The molecule has 1 saturated carbocycles. The van der Waals surface area contributed by atoms with E-state index in [-0.39, 0.29) is 41.9 Å². The highest BCUT2D eigenvalue weighted by molar-refractivity contribution is 5.91. The number of rotatable bonds is 13. The number of likely N-dealkylation sites (tertiary alicyclic amines) is 2. The molecule has 4 aliphatic rings. The number of benzene rings is 3. The molecule has 0 radical (unpaired) electrons. The van der Waals surface area contributed by atoms with Gasteiger partial charge in [-0.15, -0.1) is 0 Å². The molecule has 1 aromatic heterocycles. The summed E-state index contributed by atoms with van der Waals surface area (Å²) < 4.78 is 9.61. The Morgan fingerprint density at radius 1 is 1.00 bits per heavy atom. The molecule has 2 saturated heterocycles. The third-order valence-corrected chi connectivity index (χ3v) is 13.5. The van der Waals surface area contributed by atoms with Crippen LogP contribution >= 0.6 is 0 Å². The molecule has 8 rings (SSSR count). The van der Waals surface area contributed by atoms with Crippen molar-refractivity contribution in [1.29, 1.82) is 5.26 Å². The van der Waals surface area contributed by atoms with E-state index in [4.69, 9.17) is 9.47 Å². The van der Waals surface area contributed by atoms with Gasteiger partial charge in [-0.3, -0.25) is 9.69 Å². The molecule has 15 nitrogen and oxygen atoms in total. The lowest BCUT2D eigenvalue weighted by atomic mass is 9.87. The first kappa shape index (κ1) is 42.3. The number of aldehydes is 1. The monoisotopic (exact) mass is 841 g/mol. The third kappa shape index (κ3) is 8.31. The summed E-state index contributed by atoms with van der Waals surface area (Å²) in [5.41, 5.74) is 5.19. The van der Waals surface area contributed by atoms with Crippen LogP contribution in [0, 0.1) is 28.6 Å². The molecular formula is C47H55N9O6. The minimum absolute atomic E-state index is 0.0501. The molecule has 0 bridgehead atoms. The molecule has 3 aromatic carbocycles. The molecule has 3 amide bonds. The number of methoxy groups -OCH3 is 2. The van der Waals surface area contributed by atoms with Crippen LogP contribution in [0.3, 0.4) is 0 Å². The van der Waals surface area contributed by atoms with Crippen LogP contribution < -0.4 is 21.3 Å². The highest BCUT2D eigenvalue weighted by Gasteiger charge is 2.56. The van der Waals surface area contributed by atoms with Crippen molar-refractivity contribution in [2.24, 2.45) is 17.3 Å². The fraction of sp³-hybridized carbons (Fsp3) is 0.447. The number of carbonyl (C=O) groups is 4. The summed E-state index contributed by atoms with van der Waals surface area (Å²) in [5.74, 6) is -0.157. The highest BCUT2D eigenvalue weighted by Crippen LogP contribution is 2.55. The van der Waals surface area contributed by atoms with E-state index in [2.05, 4.69) is 96.8 Å². The zero-order valence-corrected chi connectivity index (χ0v) is 35.9. The minimum atomic E-state index is -1.07. The second-order valence-corrected chi connectivity index (χ2v) is 17.7. The maximum Gasteiger partial charge on any atom is 0.407 e. The van der Waals surface area contributed by atoms with Gasteiger partial charge in [0, 0.05) is 37.4 Å². The van der Waals surface area contributed by atoms with Gasteiger partial charge >= 0.3 is 12.2 Å². The normalized spacial score (nSPS) is 22.9. The largest absolute Gasteiger partial charge is 0.453 e. The van der Waals surface area contributed by atoms with Gasteiger partial charge in [-0.05, 0) is 83.0 Å². The van der Waals surface area contributed by atoms with Gasteiger partial charge in [-0.1, -0.05) is 69.3 Å². The van der Waals surface area contributed by atoms with Gasteiger partial charge in [0.25, 0.3) is 0 Å². The Morgan fingerprint density at radius 2 is 1.68 bits per heavy atom. The van der Waals surface area contributed by atoms with Crippen molar-refractivity contribution < 1.29 is 28.7 Å². The Bertz CT molecular complexity index is 2420. The lowest BCUT2D eigenvalue weighted by molar-refractivity contribution is -0.134. The van der Waals surface area contributed by atoms with Crippen LogP contribution in [0.5, 0.6) is 0 Å². The van der Waals surface area contributed by atoms with Crippen molar-refractivity contribution in [3.05, 3.63) is 84.4 Å². The van der Waals surface area contributed by atoms with Crippen molar-refractivity contribution >= 4 is 40.8 Å². The lowest BCUT2D eigenvalue weighted by Crippen LogP contribution is -2.62. The van der Waals surface area contributed by atoms with Crippen LogP contribution in [0.25, 0.3) is 38.9 Å². The zero-order valence-electron chi connectivity index (χ0n) is 35.9. The number of aromatic amines is 1. The first-order chi connectivity index (χ1) is 29.9. The molecule has 1 spiro atoms. The number of nitriles is 1. The maximum atomic E-state index is 13.6. The Balaban J connectivity index is 0.931. The molecule has 5 N–H and O–H groups in total. The lowest BCUT2D eigenvalue weighted by Gasteiger charge is -2.39. The molecule has 3 fully saturated rings. The third-order valence-electron chi connectivity index (χ3n) is 13.5. The molecule has 15 heteroatoms. The summed E-state index contributed by atoms with van der Waals surface area (Å²) >= 11 is 0. The number of aromatic nitrogens is 2. The zero-order chi connectivity index (χ0) is 43.8. The number of hydrogen-bond acceptors (Lipinski definition) is 11. The van der Waals surface area contributed by atoms with E-state index in [0.29, 0.717) is 25.2 Å². The van der Waals surface area contributed by atoms with Gasteiger partial charge in [0.15, 0.2) is 0 Å². The second-order valence-electron chi connectivity index (χ2n) is 17.7. The summed E-state index contributed by atoms with van der Waals surface area (Å²) in [6.07, 6.45) is 7.51. The number of hydrogen-bond donors (Lipinski definition) is 5. The molecule has 3 aliphatic heterocycles. The summed E-state index contributed by atoms with van der Waals surface area (Å²) in [6, 6.07) is 22.4. The van der Waals surface area contributed by atoms with Gasteiger partial charge in [-0.25, -0.2) is 14.6 Å². The second kappa shape index (κ2) is 17.2. The van der Waals surface area contributed by atoms with Crippen molar-refractivity contribution in [3.8, 4) is 28.5 Å². The van der Waals surface area contributed by atoms with Crippen molar-refractivity contribution in [2.75, 3.05) is 33.9 Å². The van der Waals surface area contributed by atoms with E-state index in [9.17, 15) is 24.4 Å². The predicted octanol–water partition coefficient (Wildman–Crippen LogP) is 6.07. The molecule has 62 heavy (non-hydrogen) atoms. The van der Waals surface area contributed by atoms with Crippen LogP contribution in [0.1, 0.15) is 70.3 Å². The number of ether oxygens (including phenoxy) is 2. The SMILES string of the molecule is CC[C@H](NC(=O)OC)C(=O)N1C[C@@H](C#N)C[C@H]1c1ncc(-c2ccc3cc(-c4ccc(C5=CNC([C@@H]6CC7(CC7)CN6C[C@](C=O)(NC(=O)OC)C(C)C)N5)cc4)ccc3c2)[nH]1. The first-order valence-electron chi connectivity index (χ1n) is 21.4. The quantitative estimate of drug-likeness (QED) is 0.0982. The first-order valence-corrected chi connectivity index (χ1v) is 21.4. The van der Waals surface area contributed by atoms with Crippen LogP contribution in [0.15, 0.2) is 73.1 Å². The van der Waals surface area contributed by atoms with E-state index in [1.807, 2.05) is 33.0 Å². The molecule has 6 atom stereocenters. The minimum Gasteiger partial charge on any atom is -0.453 e. The predicted molar refractivity (Wildman–Crippen MR) is 234 cm³/mol. The van der Waals surface area contributed by atoms with Crippen LogP contribution in [-0.4, -0.2) is 102 Å². The van der Waals surface area contributed by atoms with Crippen molar-refractivity contribution in [1.82, 2.24) is 41.0 Å². The molecule has 1 unspecified atom stereocenters. The Labute approximate surface area is 361 Å². The molecule has 4 heterocycles. The summed E-state index contributed by atoms with van der Waals surface area (Å²) in [5, 5.41) is 24.7. The fourth-order valence-corrected chi connectivity index (χ4v) is 9.43. The fourth-order valence-electron chi connectivity index (χ4n) is 9.43. The van der Waals surface area contributed by atoms with Gasteiger partial charge in [0.2, 0.25) is 5.91 Å². The molecular weight excluding hydrogens is 787 g/mol. The van der Waals surface area contributed by atoms with Gasteiger partial charge in [0.05, 0.1) is 49.8 Å². The highest BCUT2D eigenvalue weighted by atomic mass is 16.5. The number of imidazole rings is 1. The van der Waals surface area contributed by atoms with Crippen LogP contribution in [0.2, 0.25) is 0 Å². The van der Waals surface area contributed by atoms with Crippen molar-refractivity contribution in [3.63, 3.8) is 0 Å². The Morgan fingerprint density at radius 3 is 2.32 bits per heavy atom. The molecule has 1 aliphatic carbocycles. The van der Waals surface area contributed by atoms with E-state index in [1.54, 1.807) is 11.1 Å². The van der Waals surface area contributed by atoms with Gasteiger partial charge in [-0.2, -0.15) is 5.26 Å². The number of amides is 3. The Kier molecular flexibility index (Phi) is 11.7. The van der Waals surface area contributed by atoms with Gasteiger partial charge in [0.1, 0.15) is 29.9 Å². The number of nitrogens with one attached hydrogen (secondary N) is 5. The average molecular weight is 842 g/mol. The van der Waals surface area contributed by atoms with Gasteiger partial charge < -0.3 is 45.4 Å². The van der Waals surface area contributed by atoms with E-state index < -0.39 is 29.8 Å².